The summed E-state index contributed by atoms with van der Waals surface area (Å²) in [7, 11) is 0. The lowest BCUT2D eigenvalue weighted by Crippen LogP contribution is -2.40. The van der Waals surface area contributed by atoms with Crippen molar-refractivity contribution in [1.29, 1.82) is 0 Å². The summed E-state index contributed by atoms with van der Waals surface area (Å²) in [5, 5.41) is 12.3. The molecule has 0 rings (SSSR count). The molecule has 0 saturated carbocycles. The van der Waals surface area contributed by atoms with Gasteiger partial charge < -0.3 is 10.4 Å². The van der Waals surface area contributed by atoms with Gasteiger partial charge in [0.05, 0.1) is 11.0 Å². The summed E-state index contributed by atoms with van der Waals surface area (Å²) < 4.78 is 0. The maximum Gasteiger partial charge on any atom is 0.321 e. The molecule has 3 N–H and O–H groups in total. The average molecular weight is 234 g/mol. The van der Waals surface area contributed by atoms with Gasteiger partial charge in [-0.2, -0.15) is 0 Å². The molecular weight excluding hydrogens is 220 g/mol. The largest absolute Gasteiger partial charge is 0.480 e. The van der Waals surface area contributed by atoms with E-state index in [0.717, 1.165) is 11.8 Å². The molecule has 0 saturated heterocycles. The molecule has 7 heteroatoms. The number of aliphatic carboxylic acids is 1. The summed E-state index contributed by atoms with van der Waals surface area (Å²) in [5.41, 5.74) is 0. The van der Waals surface area contributed by atoms with Gasteiger partial charge in [0.15, 0.2) is 0 Å². The molecule has 0 aliphatic carbocycles. The van der Waals surface area contributed by atoms with Crippen LogP contribution in [0.4, 0.5) is 4.79 Å². The third kappa shape index (κ3) is 6.78. The van der Waals surface area contributed by atoms with E-state index in [0.29, 0.717) is 6.54 Å². The lowest BCUT2D eigenvalue weighted by Gasteiger charge is -2.06. The van der Waals surface area contributed by atoms with Crippen LogP contribution in [0.25, 0.3) is 0 Å². The first kappa shape index (κ1) is 13.8. The molecule has 0 aromatic heterocycles. The van der Waals surface area contributed by atoms with Gasteiger partial charge in [0.1, 0.15) is 0 Å². The van der Waals surface area contributed by atoms with E-state index in [1.807, 2.05) is 0 Å². The van der Waals surface area contributed by atoms with Crippen LogP contribution in [0, 0.1) is 0 Å². The maximum atomic E-state index is 11.1. The lowest BCUT2D eigenvalue weighted by molar-refractivity contribution is -0.136. The molecule has 0 heterocycles. The number of carboxylic acid groups (broad SMARTS) is 1. The second-order valence-corrected chi connectivity index (χ2v) is 4.03. The minimum atomic E-state index is -0.981. The Balaban J connectivity index is 3.75. The number of amides is 3. The maximum absolute atomic E-state index is 11.1. The topological polar surface area (TPSA) is 95.5 Å². The summed E-state index contributed by atoms with van der Waals surface area (Å²) in [6.07, 6.45) is 0. The van der Waals surface area contributed by atoms with Crippen molar-refractivity contribution in [2.75, 3.05) is 12.3 Å². The molecule has 15 heavy (non-hydrogen) atoms. The molecule has 0 radical (unpaired) electrons. The first-order valence-electron chi connectivity index (χ1n) is 4.39. The number of carbonyl (C=O) groups is 3. The van der Waals surface area contributed by atoms with Crippen LogP contribution >= 0.6 is 11.8 Å². The second kappa shape index (κ2) is 7.10. The number of carbonyl (C=O) groups excluding carboxylic acids is 2. The highest BCUT2D eigenvalue weighted by Crippen LogP contribution is 2.09. The van der Waals surface area contributed by atoms with Gasteiger partial charge in [-0.15, -0.1) is 11.8 Å². The molecule has 0 fully saturated rings. The van der Waals surface area contributed by atoms with Crippen molar-refractivity contribution in [3.63, 3.8) is 0 Å². The Bertz CT molecular complexity index is 257. The van der Waals surface area contributed by atoms with Crippen molar-refractivity contribution in [1.82, 2.24) is 10.6 Å². The number of hydrogen-bond acceptors (Lipinski definition) is 4. The fourth-order valence-corrected chi connectivity index (χ4v) is 1.26. The van der Waals surface area contributed by atoms with Gasteiger partial charge >= 0.3 is 12.0 Å². The molecule has 0 aliphatic heterocycles. The molecule has 86 valence electrons. The number of carboxylic acids is 1. The number of hydrogen-bond donors (Lipinski definition) is 3. The zero-order valence-electron chi connectivity index (χ0n) is 8.57. The summed E-state index contributed by atoms with van der Waals surface area (Å²) in [6.45, 7) is 3.63. The van der Waals surface area contributed by atoms with Gasteiger partial charge in [0.25, 0.3) is 0 Å². The van der Waals surface area contributed by atoms with Gasteiger partial charge in [-0.05, 0) is 13.8 Å². The van der Waals surface area contributed by atoms with E-state index in [-0.39, 0.29) is 5.75 Å². The van der Waals surface area contributed by atoms with Crippen LogP contribution in [0.5, 0.6) is 0 Å². The van der Waals surface area contributed by atoms with Crippen LogP contribution in [0.15, 0.2) is 0 Å². The highest BCUT2D eigenvalue weighted by atomic mass is 32.2. The zero-order valence-corrected chi connectivity index (χ0v) is 9.39. The van der Waals surface area contributed by atoms with E-state index >= 15 is 0 Å². The first-order valence-corrected chi connectivity index (χ1v) is 5.44. The van der Waals surface area contributed by atoms with E-state index in [2.05, 4.69) is 10.6 Å². The van der Waals surface area contributed by atoms with Crippen LogP contribution in [0.1, 0.15) is 13.8 Å². The van der Waals surface area contributed by atoms with Crippen LogP contribution in [-0.2, 0) is 9.59 Å². The number of urea groups is 1. The highest BCUT2D eigenvalue weighted by Gasteiger charge is 2.14. The van der Waals surface area contributed by atoms with Crippen molar-refractivity contribution >= 4 is 29.7 Å². The molecule has 1 unspecified atom stereocenters. The van der Waals surface area contributed by atoms with Crippen LogP contribution in [-0.4, -0.2) is 40.6 Å². The minimum Gasteiger partial charge on any atom is -0.480 e. The van der Waals surface area contributed by atoms with E-state index in [1.54, 1.807) is 6.92 Å². The van der Waals surface area contributed by atoms with E-state index in [1.165, 1.54) is 6.92 Å². The predicted octanol–water partition coefficient (Wildman–Crippen LogP) is 0.0384. The SMILES string of the molecule is CCNC(=O)NC(=O)CSC(C)C(=O)O. The average Bonchev–Trinajstić information content (AvgIpc) is 2.14. The molecule has 0 aliphatic rings. The number of thioether (sulfide) groups is 1. The van der Waals surface area contributed by atoms with Crippen molar-refractivity contribution in [3.8, 4) is 0 Å². The molecular formula is C8H14N2O4S. The van der Waals surface area contributed by atoms with Crippen LogP contribution in [0.2, 0.25) is 0 Å². The third-order valence-corrected chi connectivity index (χ3v) is 2.53. The number of nitrogens with one attached hydrogen (secondary N) is 2. The molecule has 0 aromatic carbocycles. The summed E-state index contributed by atoms with van der Waals surface area (Å²) >= 11 is 0.961. The highest BCUT2D eigenvalue weighted by molar-refractivity contribution is 8.01. The van der Waals surface area contributed by atoms with E-state index < -0.39 is 23.2 Å². The van der Waals surface area contributed by atoms with E-state index in [4.69, 9.17) is 5.11 Å². The lowest BCUT2D eigenvalue weighted by atomic mass is 10.5. The molecule has 6 nitrogen and oxygen atoms in total. The normalized spacial score (nSPS) is 11.6. The van der Waals surface area contributed by atoms with Gasteiger partial charge in [-0.3, -0.25) is 14.9 Å². The number of imide groups is 1. The fourth-order valence-electron chi connectivity index (χ4n) is 0.639. The standard InChI is InChI=1S/C8H14N2O4S/c1-3-9-8(14)10-6(11)4-15-5(2)7(12)13/h5H,3-4H2,1-2H3,(H,12,13)(H2,9,10,11,14). The van der Waals surface area contributed by atoms with Crippen molar-refractivity contribution in [2.24, 2.45) is 0 Å². The molecule has 0 spiro atoms. The zero-order chi connectivity index (χ0) is 11.8. The fraction of sp³-hybridized carbons (Fsp3) is 0.625. The summed E-state index contributed by atoms with van der Waals surface area (Å²) in [5.74, 6) is -1.53. The quantitative estimate of drug-likeness (QED) is 0.624. The molecule has 1 atom stereocenters. The molecule has 3 amide bonds. The Morgan fingerprint density at radius 1 is 1.40 bits per heavy atom. The Labute approximate surface area is 91.8 Å². The third-order valence-electron chi connectivity index (χ3n) is 1.40. The Kier molecular flexibility index (Phi) is 6.52. The summed E-state index contributed by atoms with van der Waals surface area (Å²) in [4.78, 5) is 32.3. The predicted molar refractivity (Wildman–Crippen MR) is 56.8 cm³/mol. The van der Waals surface area contributed by atoms with Gasteiger partial charge in [-0.1, -0.05) is 0 Å². The van der Waals surface area contributed by atoms with Crippen molar-refractivity contribution in [2.45, 2.75) is 19.1 Å². The van der Waals surface area contributed by atoms with Gasteiger partial charge in [-0.25, -0.2) is 4.79 Å². The van der Waals surface area contributed by atoms with E-state index in [9.17, 15) is 14.4 Å². The first-order chi connectivity index (χ1) is 6.97. The van der Waals surface area contributed by atoms with Crippen molar-refractivity contribution in [3.05, 3.63) is 0 Å². The molecule has 0 bridgehead atoms. The Morgan fingerprint density at radius 2 is 2.00 bits per heavy atom. The molecule has 0 aromatic rings. The monoisotopic (exact) mass is 234 g/mol. The second-order valence-electron chi connectivity index (χ2n) is 2.70. The van der Waals surface area contributed by atoms with Crippen LogP contribution in [0.3, 0.4) is 0 Å². The number of rotatable bonds is 5. The van der Waals surface area contributed by atoms with Gasteiger partial charge in [0, 0.05) is 6.54 Å². The van der Waals surface area contributed by atoms with Crippen LogP contribution < -0.4 is 10.6 Å². The Hall–Kier alpha value is -1.24. The summed E-state index contributed by atoms with van der Waals surface area (Å²) in [6, 6.07) is -0.564. The minimum absolute atomic E-state index is 0.0510. The van der Waals surface area contributed by atoms with Gasteiger partial charge in [0.2, 0.25) is 5.91 Å². The smallest absolute Gasteiger partial charge is 0.321 e. The van der Waals surface area contributed by atoms with Crippen molar-refractivity contribution < 1.29 is 19.5 Å². The Morgan fingerprint density at radius 3 is 2.47 bits per heavy atom.